The summed E-state index contributed by atoms with van der Waals surface area (Å²) in [7, 11) is 1.78. The molecular formula is C18H18F2N8O. The van der Waals surface area contributed by atoms with Gasteiger partial charge in [-0.2, -0.15) is 4.68 Å². The summed E-state index contributed by atoms with van der Waals surface area (Å²) < 4.78 is 32.5. The molecule has 0 unspecified atom stereocenters. The third-order valence-electron chi connectivity index (χ3n) is 3.89. The monoisotopic (exact) mass is 400 g/mol. The number of alkyl halides is 2. The molecule has 0 aliphatic carbocycles. The molecule has 0 N–H and O–H groups in total. The molecule has 3 aromatic rings. The molecule has 29 heavy (non-hydrogen) atoms. The maximum atomic E-state index is 12.7. The van der Waals surface area contributed by atoms with E-state index in [9.17, 15) is 8.78 Å². The Balaban J connectivity index is 1.72. The number of halogens is 2. The molecule has 0 amide bonds. The summed E-state index contributed by atoms with van der Waals surface area (Å²) in [5.74, 6) is 1.24. The van der Waals surface area contributed by atoms with Crippen molar-refractivity contribution >= 4 is 12.2 Å². The van der Waals surface area contributed by atoms with Gasteiger partial charge in [-0.1, -0.05) is 11.8 Å². The molecule has 0 radical (unpaired) electrons. The summed E-state index contributed by atoms with van der Waals surface area (Å²) in [6.07, 6.45) is 1.49. The van der Waals surface area contributed by atoms with E-state index in [-0.39, 0.29) is 12.2 Å². The number of pyridine rings is 1. The number of anilines is 1. The van der Waals surface area contributed by atoms with E-state index in [1.165, 1.54) is 23.0 Å². The lowest BCUT2D eigenvalue weighted by atomic mass is 10.3. The highest BCUT2D eigenvalue weighted by Crippen LogP contribution is 2.20. The minimum atomic E-state index is -2.58. The van der Waals surface area contributed by atoms with Gasteiger partial charge >= 0.3 is 0 Å². The van der Waals surface area contributed by atoms with E-state index in [0.29, 0.717) is 28.9 Å². The quantitative estimate of drug-likeness (QED) is 0.424. The molecule has 0 saturated carbocycles. The number of rotatable bonds is 8. The molecule has 0 aromatic carbocycles. The summed E-state index contributed by atoms with van der Waals surface area (Å²) in [6, 6.07) is 6.14. The van der Waals surface area contributed by atoms with Crippen molar-refractivity contribution in [1.82, 2.24) is 30.2 Å². The Hall–Kier alpha value is -3.76. The molecule has 0 aliphatic rings. The van der Waals surface area contributed by atoms with Gasteiger partial charge in [-0.05, 0) is 25.1 Å². The molecule has 0 atom stereocenters. The summed E-state index contributed by atoms with van der Waals surface area (Å²) >= 11 is 0. The van der Waals surface area contributed by atoms with Crippen LogP contribution in [0.15, 0.2) is 48.2 Å². The minimum Gasteiger partial charge on any atom is -0.470 e. The number of nitrogens with zero attached hydrogens (tertiary/aromatic N) is 8. The molecule has 3 aromatic heterocycles. The van der Waals surface area contributed by atoms with Gasteiger partial charge in [0.15, 0.2) is 11.6 Å². The maximum absolute atomic E-state index is 12.7. The van der Waals surface area contributed by atoms with Crippen LogP contribution in [0.2, 0.25) is 0 Å². The molecule has 0 aliphatic heterocycles. The first-order valence-corrected chi connectivity index (χ1v) is 8.49. The first-order valence-electron chi connectivity index (χ1n) is 8.49. The first kappa shape index (κ1) is 20.0. The van der Waals surface area contributed by atoms with Gasteiger partial charge in [-0.3, -0.25) is 0 Å². The molecule has 0 fully saturated rings. The van der Waals surface area contributed by atoms with Gasteiger partial charge in [-0.25, -0.2) is 18.8 Å². The van der Waals surface area contributed by atoms with Gasteiger partial charge in [0.05, 0.1) is 12.0 Å². The van der Waals surface area contributed by atoms with Crippen LogP contribution in [0, 0.1) is 6.92 Å². The van der Waals surface area contributed by atoms with E-state index in [4.69, 9.17) is 4.74 Å². The third-order valence-corrected chi connectivity index (χ3v) is 3.89. The van der Waals surface area contributed by atoms with Crippen LogP contribution in [0.3, 0.4) is 0 Å². The van der Waals surface area contributed by atoms with Crippen molar-refractivity contribution in [3.8, 4) is 11.7 Å². The lowest BCUT2D eigenvalue weighted by molar-refractivity contribution is 0.151. The van der Waals surface area contributed by atoms with Crippen molar-refractivity contribution in [2.45, 2.75) is 20.0 Å². The molecule has 3 heterocycles. The Labute approximate surface area is 165 Å². The number of ether oxygens (including phenoxy) is 1. The van der Waals surface area contributed by atoms with E-state index in [0.717, 1.165) is 6.20 Å². The molecule has 0 spiro atoms. The van der Waals surface area contributed by atoms with Gasteiger partial charge in [-0.15, -0.1) is 15.3 Å². The highest BCUT2D eigenvalue weighted by atomic mass is 19.3. The Morgan fingerprint density at radius 1 is 1.24 bits per heavy atom. The molecular weight excluding hydrogens is 382 g/mol. The fraction of sp³-hybridized carbons (Fsp3) is 0.222. The molecule has 9 nitrogen and oxygen atoms in total. The number of aryl methyl sites for hydroxylation is 1. The molecule has 150 valence electrons. The molecule has 0 saturated heterocycles. The van der Waals surface area contributed by atoms with Crippen molar-refractivity contribution in [3.05, 3.63) is 60.2 Å². The zero-order chi connectivity index (χ0) is 20.8. The molecule has 3 rings (SSSR count). The summed E-state index contributed by atoms with van der Waals surface area (Å²) in [5.41, 5.74) is 1.07. The number of hydrogen-bond donors (Lipinski definition) is 0. The fourth-order valence-corrected chi connectivity index (χ4v) is 2.30. The molecule has 11 heteroatoms. The van der Waals surface area contributed by atoms with Gasteiger partial charge < -0.3 is 9.64 Å². The smallest absolute Gasteiger partial charge is 0.265 e. The summed E-state index contributed by atoms with van der Waals surface area (Å²) in [4.78, 5) is 9.61. The van der Waals surface area contributed by atoms with Crippen LogP contribution in [0.5, 0.6) is 5.88 Å². The third kappa shape index (κ3) is 4.75. The summed E-state index contributed by atoms with van der Waals surface area (Å²) in [6.45, 7) is 5.36. The second-order valence-corrected chi connectivity index (χ2v) is 5.86. The van der Waals surface area contributed by atoms with Gasteiger partial charge in [0, 0.05) is 31.1 Å². The number of hydrogen-bond acceptors (Lipinski definition) is 7. The second-order valence-electron chi connectivity index (χ2n) is 5.86. The standard InChI is InChI=1S/C18H18F2N8O/c1-4-21-11-27(3)16-7-8-17(25-24-16)29-10-14-12(2)23-26-28(14)15-6-5-13(9-22-15)18(19)20/h4-9,11,18H,1,10H2,2-3H3/b21-11-. The zero-order valence-corrected chi connectivity index (χ0v) is 15.8. The van der Waals surface area contributed by atoms with Gasteiger partial charge in [0.2, 0.25) is 5.88 Å². The Bertz CT molecular complexity index is 986. The van der Waals surface area contributed by atoms with E-state index < -0.39 is 6.43 Å². The van der Waals surface area contributed by atoms with Crippen LogP contribution in [-0.2, 0) is 6.61 Å². The van der Waals surface area contributed by atoms with Crippen molar-refractivity contribution in [2.24, 2.45) is 4.99 Å². The van der Waals surface area contributed by atoms with Crippen LogP contribution >= 0.6 is 0 Å². The van der Waals surface area contributed by atoms with Gasteiger partial charge in [0.1, 0.15) is 12.3 Å². The fourth-order valence-electron chi connectivity index (χ4n) is 2.30. The first-order chi connectivity index (χ1) is 14.0. The SMILES string of the molecule is C=C/N=C\N(C)c1ccc(OCc2c(C)nnn2-c2ccc(C(F)F)cn2)nn1. The van der Waals surface area contributed by atoms with Gasteiger partial charge in [0.25, 0.3) is 6.43 Å². The van der Waals surface area contributed by atoms with E-state index in [2.05, 4.69) is 37.1 Å². The van der Waals surface area contributed by atoms with Crippen LogP contribution in [0.25, 0.3) is 5.82 Å². The number of aromatic nitrogens is 6. The highest BCUT2D eigenvalue weighted by molar-refractivity contribution is 5.76. The maximum Gasteiger partial charge on any atom is 0.265 e. The average molecular weight is 400 g/mol. The van der Waals surface area contributed by atoms with E-state index >= 15 is 0 Å². The Morgan fingerprint density at radius 2 is 2.07 bits per heavy atom. The van der Waals surface area contributed by atoms with E-state index in [1.54, 1.807) is 37.3 Å². The Kier molecular flexibility index (Phi) is 6.17. The predicted molar refractivity (Wildman–Crippen MR) is 102 cm³/mol. The van der Waals surface area contributed by atoms with E-state index in [1.807, 2.05) is 0 Å². The van der Waals surface area contributed by atoms with Crippen LogP contribution in [0.4, 0.5) is 14.6 Å². The van der Waals surface area contributed by atoms with Crippen LogP contribution in [0.1, 0.15) is 23.4 Å². The van der Waals surface area contributed by atoms with Crippen molar-refractivity contribution in [1.29, 1.82) is 0 Å². The second kappa shape index (κ2) is 8.95. The van der Waals surface area contributed by atoms with Crippen LogP contribution in [-0.4, -0.2) is 43.6 Å². The molecule has 0 bridgehead atoms. The normalized spacial score (nSPS) is 11.2. The largest absolute Gasteiger partial charge is 0.470 e. The lowest BCUT2D eigenvalue weighted by Crippen LogP contribution is -2.16. The van der Waals surface area contributed by atoms with Crippen molar-refractivity contribution in [2.75, 3.05) is 11.9 Å². The summed E-state index contributed by atoms with van der Waals surface area (Å²) in [5, 5.41) is 16.1. The Morgan fingerprint density at radius 3 is 2.69 bits per heavy atom. The zero-order valence-electron chi connectivity index (χ0n) is 15.8. The highest BCUT2D eigenvalue weighted by Gasteiger charge is 2.15. The van der Waals surface area contributed by atoms with Crippen molar-refractivity contribution in [3.63, 3.8) is 0 Å². The average Bonchev–Trinajstić information content (AvgIpc) is 3.11. The van der Waals surface area contributed by atoms with Crippen molar-refractivity contribution < 1.29 is 13.5 Å². The predicted octanol–water partition coefficient (Wildman–Crippen LogP) is 2.89. The van der Waals surface area contributed by atoms with Crippen LogP contribution < -0.4 is 9.64 Å². The number of aliphatic imine (C=N–C) groups is 1. The minimum absolute atomic E-state index is 0.0961. The lowest BCUT2D eigenvalue weighted by Gasteiger charge is -2.11. The topological polar surface area (TPSA) is 94.2 Å².